The van der Waals surface area contributed by atoms with Gasteiger partial charge in [0.15, 0.2) is 0 Å². The summed E-state index contributed by atoms with van der Waals surface area (Å²) in [6.45, 7) is 10.6. The number of benzene rings is 2. The van der Waals surface area contributed by atoms with E-state index in [-0.39, 0.29) is 35.0 Å². The van der Waals surface area contributed by atoms with E-state index in [2.05, 4.69) is 87.5 Å². The van der Waals surface area contributed by atoms with Crippen molar-refractivity contribution < 1.29 is 19.1 Å². The van der Waals surface area contributed by atoms with Crippen LogP contribution in [0.4, 0.5) is 0 Å². The highest BCUT2D eigenvalue weighted by Gasteiger charge is 2.65. The van der Waals surface area contributed by atoms with E-state index in [9.17, 15) is 9.59 Å². The highest BCUT2D eigenvalue weighted by atomic mass is 16.5. The first-order chi connectivity index (χ1) is 21.1. The number of allylic oxidation sites excluding steroid dienone is 1. The van der Waals surface area contributed by atoms with Crippen LogP contribution in [0.3, 0.4) is 0 Å². The summed E-state index contributed by atoms with van der Waals surface area (Å²) in [4.78, 5) is 24.4. The van der Waals surface area contributed by atoms with Crippen LogP contribution in [0.25, 0.3) is 5.57 Å². The summed E-state index contributed by atoms with van der Waals surface area (Å²) in [6, 6.07) is 21.5. The Bertz CT molecular complexity index is 1310. The van der Waals surface area contributed by atoms with Gasteiger partial charge in [0.1, 0.15) is 12.2 Å². The van der Waals surface area contributed by atoms with Crippen molar-refractivity contribution in [1.29, 1.82) is 0 Å². The standard InChI is InChI=1S/C40H52O4/c1-26(16-18-33(29-12-8-6-9-13-29)30-14-10-7-11-15-30)35-20-21-36-34-19-17-31-24-32(43-27(2)41)22-23-39(31,4)37(34)25-38(40(35,36)5)44-28(3)42/h6-15,18,26,31-32,34-38H,16-17,19-25H2,1-5H3/t26-,31+,32+,34+,35-,36-,37+,38+,39-,40+/m0/s1. The molecule has 0 spiro atoms. The molecule has 0 saturated heterocycles. The SMILES string of the molecule is CC(=O)O[C@@H]1CC[C@@]2(C)[C@H](CC[C@H]3[C@H]2C[C@@H](OC(C)=O)[C@@]2(C)[C@H]3CC[C@H]2[C@@H](C)CC=C(c2ccccc2)c2ccccc2)C1. The zero-order valence-electron chi connectivity index (χ0n) is 27.5. The fraction of sp³-hybridized carbons (Fsp3) is 0.600. The van der Waals surface area contributed by atoms with Gasteiger partial charge in [-0.3, -0.25) is 9.59 Å². The lowest BCUT2D eigenvalue weighted by Gasteiger charge is -2.62. The van der Waals surface area contributed by atoms with E-state index in [0.717, 1.165) is 32.1 Å². The number of rotatable bonds is 7. The number of esters is 2. The summed E-state index contributed by atoms with van der Waals surface area (Å²) < 4.78 is 12.1. The molecule has 2 aromatic carbocycles. The molecule has 236 valence electrons. The number of carbonyl (C=O) groups excluding carboxylic acids is 2. The van der Waals surface area contributed by atoms with E-state index < -0.39 is 0 Å². The van der Waals surface area contributed by atoms with Crippen LogP contribution in [0.15, 0.2) is 66.7 Å². The van der Waals surface area contributed by atoms with Crippen molar-refractivity contribution in [2.24, 2.45) is 46.3 Å². The van der Waals surface area contributed by atoms with E-state index in [4.69, 9.17) is 9.47 Å². The van der Waals surface area contributed by atoms with E-state index in [1.54, 1.807) is 6.92 Å². The maximum absolute atomic E-state index is 12.6. The molecule has 4 aliphatic carbocycles. The van der Waals surface area contributed by atoms with Crippen molar-refractivity contribution in [3.8, 4) is 0 Å². The molecule has 4 fully saturated rings. The lowest BCUT2D eigenvalue weighted by Crippen LogP contribution is -2.59. The topological polar surface area (TPSA) is 52.6 Å². The van der Waals surface area contributed by atoms with Crippen molar-refractivity contribution in [2.45, 2.75) is 105 Å². The molecule has 0 N–H and O–H groups in total. The van der Waals surface area contributed by atoms with Gasteiger partial charge in [0.05, 0.1) is 0 Å². The zero-order chi connectivity index (χ0) is 31.1. The van der Waals surface area contributed by atoms with Crippen LogP contribution in [0, 0.1) is 46.3 Å². The maximum atomic E-state index is 12.6. The average Bonchev–Trinajstić information content (AvgIpc) is 3.37. The monoisotopic (exact) mass is 596 g/mol. The number of fused-ring (bicyclic) bond motifs is 5. The lowest BCUT2D eigenvalue weighted by molar-refractivity contribution is -0.197. The zero-order valence-corrected chi connectivity index (χ0v) is 27.5. The fourth-order valence-electron chi connectivity index (χ4n) is 10.9. The Hall–Kier alpha value is -2.88. The normalized spacial score (nSPS) is 36.6. The fourth-order valence-corrected chi connectivity index (χ4v) is 10.9. The second-order valence-electron chi connectivity index (χ2n) is 15.1. The molecule has 6 rings (SSSR count). The molecular formula is C40H52O4. The molecule has 44 heavy (non-hydrogen) atoms. The summed E-state index contributed by atoms with van der Waals surface area (Å²) in [5.41, 5.74) is 4.01. The minimum Gasteiger partial charge on any atom is -0.463 e. The molecule has 4 heteroatoms. The molecular weight excluding hydrogens is 544 g/mol. The van der Waals surface area contributed by atoms with Gasteiger partial charge in [-0.2, -0.15) is 0 Å². The smallest absolute Gasteiger partial charge is 0.302 e. The van der Waals surface area contributed by atoms with Gasteiger partial charge in [-0.15, -0.1) is 0 Å². The Morgan fingerprint density at radius 3 is 2.07 bits per heavy atom. The van der Waals surface area contributed by atoms with Crippen molar-refractivity contribution in [3.63, 3.8) is 0 Å². The van der Waals surface area contributed by atoms with Gasteiger partial charge >= 0.3 is 11.9 Å². The molecule has 4 aliphatic rings. The van der Waals surface area contributed by atoms with Gasteiger partial charge in [0.2, 0.25) is 0 Å². The molecule has 10 atom stereocenters. The molecule has 0 unspecified atom stereocenters. The number of carbonyl (C=O) groups is 2. The molecule has 0 heterocycles. The molecule has 0 aliphatic heterocycles. The summed E-state index contributed by atoms with van der Waals surface area (Å²) in [5, 5.41) is 0. The first-order valence-corrected chi connectivity index (χ1v) is 17.3. The summed E-state index contributed by atoms with van der Waals surface area (Å²) >= 11 is 0. The molecule has 4 nitrogen and oxygen atoms in total. The van der Waals surface area contributed by atoms with E-state index in [1.807, 2.05) is 0 Å². The van der Waals surface area contributed by atoms with Gasteiger partial charge in [-0.25, -0.2) is 0 Å². The van der Waals surface area contributed by atoms with Gasteiger partial charge in [0.25, 0.3) is 0 Å². The molecule has 0 bridgehead atoms. The molecule has 2 aromatic rings. The average molecular weight is 597 g/mol. The summed E-state index contributed by atoms with van der Waals surface area (Å²) in [7, 11) is 0. The van der Waals surface area contributed by atoms with Gasteiger partial charge in [0, 0.05) is 19.3 Å². The summed E-state index contributed by atoms with van der Waals surface area (Å²) in [6.07, 6.45) is 12.4. The summed E-state index contributed by atoms with van der Waals surface area (Å²) in [5.74, 6) is 3.07. The molecule has 0 radical (unpaired) electrons. The Kier molecular flexibility index (Phi) is 8.83. The van der Waals surface area contributed by atoms with Crippen LogP contribution < -0.4 is 0 Å². The highest BCUT2D eigenvalue weighted by molar-refractivity contribution is 5.79. The van der Waals surface area contributed by atoms with Crippen LogP contribution in [0.1, 0.15) is 104 Å². The minimum absolute atomic E-state index is 0.0160. The molecule has 0 amide bonds. The van der Waals surface area contributed by atoms with Gasteiger partial charge in [-0.05, 0) is 115 Å². The van der Waals surface area contributed by atoms with Crippen LogP contribution in [-0.2, 0) is 19.1 Å². The largest absolute Gasteiger partial charge is 0.463 e. The second kappa shape index (κ2) is 12.5. The Labute approximate surface area is 265 Å². The van der Waals surface area contributed by atoms with Crippen molar-refractivity contribution in [3.05, 3.63) is 77.9 Å². The van der Waals surface area contributed by atoms with E-state index >= 15 is 0 Å². The molecule has 4 saturated carbocycles. The maximum Gasteiger partial charge on any atom is 0.302 e. The Balaban J connectivity index is 1.26. The van der Waals surface area contributed by atoms with Gasteiger partial charge < -0.3 is 9.47 Å². The van der Waals surface area contributed by atoms with Crippen LogP contribution in [0.5, 0.6) is 0 Å². The van der Waals surface area contributed by atoms with Gasteiger partial charge in [-0.1, -0.05) is 87.5 Å². The van der Waals surface area contributed by atoms with Crippen LogP contribution in [-0.4, -0.2) is 24.1 Å². The van der Waals surface area contributed by atoms with E-state index in [0.29, 0.717) is 35.5 Å². The lowest BCUT2D eigenvalue weighted by atomic mass is 9.43. The van der Waals surface area contributed by atoms with E-state index in [1.165, 1.54) is 49.3 Å². The number of hydrogen-bond donors (Lipinski definition) is 0. The third-order valence-corrected chi connectivity index (χ3v) is 13.0. The number of ether oxygens (including phenoxy) is 2. The Morgan fingerprint density at radius 1 is 0.818 bits per heavy atom. The third-order valence-electron chi connectivity index (χ3n) is 13.0. The molecule has 0 aromatic heterocycles. The first-order valence-electron chi connectivity index (χ1n) is 17.3. The van der Waals surface area contributed by atoms with Crippen LogP contribution in [0.2, 0.25) is 0 Å². The second-order valence-corrected chi connectivity index (χ2v) is 15.1. The van der Waals surface area contributed by atoms with Crippen molar-refractivity contribution in [2.75, 3.05) is 0 Å². The van der Waals surface area contributed by atoms with Crippen molar-refractivity contribution >= 4 is 17.5 Å². The highest BCUT2D eigenvalue weighted by Crippen LogP contribution is 2.69. The predicted octanol–water partition coefficient (Wildman–Crippen LogP) is 9.28. The first kappa shape index (κ1) is 31.1. The quantitative estimate of drug-likeness (QED) is 0.299. The third kappa shape index (κ3) is 5.67. The predicted molar refractivity (Wildman–Crippen MR) is 175 cm³/mol. The Morgan fingerprint density at radius 2 is 1.45 bits per heavy atom. The minimum atomic E-state index is -0.156. The van der Waals surface area contributed by atoms with Crippen LogP contribution >= 0.6 is 0 Å². The van der Waals surface area contributed by atoms with Crippen molar-refractivity contribution in [1.82, 2.24) is 0 Å². The number of hydrogen-bond acceptors (Lipinski definition) is 4.